The lowest BCUT2D eigenvalue weighted by atomic mass is 10.1. The van der Waals surface area contributed by atoms with Gasteiger partial charge in [-0.15, -0.1) is 0 Å². The van der Waals surface area contributed by atoms with Gasteiger partial charge >= 0.3 is 0 Å². The molecule has 0 aliphatic heterocycles. The smallest absolute Gasteiger partial charge is 0.145 e. The molecule has 1 heterocycles. The number of ether oxygens (including phenoxy) is 2. The van der Waals surface area contributed by atoms with Crippen LogP contribution in [0.3, 0.4) is 0 Å². The third-order valence-corrected chi connectivity index (χ3v) is 3.84. The van der Waals surface area contributed by atoms with Gasteiger partial charge in [0.2, 0.25) is 0 Å². The van der Waals surface area contributed by atoms with Gasteiger partial charge in [0.25, 0.3) is 0 Å². The lowest BCUT2D eigenvalue weighted by Gasteiger charge is -2.05. The van der Waals surface area contributed by atoms with Crippen LogP contribution in [-0.4, -0.2) is 19.2 Å². The van der Waals surface area contributed by atoms with E-state index in [1.54, 1.807) is 14.2 Å². The first kappa shape index (κ1) is 15.4. The standard InChI is InChI=1S/C19H16ClNO2/c1-22-17-11-7-13(12-16(17)20)6-9-15-10-8-14-4-3-5-18(23-2)19(14)21-15/h3-12H,1-2H3. The summed E-state index contributed by atoms with van der Waals surface area (Å²) in [5.74, 6) is 1.43. The SMILES string of the molecule is COc1ccc(C=Cc2ccc3cccc(OC)c3n2)cc1Cl. The fraction of sp³-hybridized carbons (Fsp3) is 0.105. The Bertz CT molecular complexity index is 874. The summed E-state index contributed by atoms with van der Waals surface area (Å²) >= 11 is 6.14. The van der Waals surface area contributed by atoms with Crippen molar-refractivity contribution in [1.29, 1.82) is 0 Å². The number of rotatable bonds is 4. The van der Waals surface area contributed by atoms with Gasteiger partial charge in [0, 0.05) is 5.39 Å². The Kier molecular flexibility index (Phi) is 4.49. The molecule has 0 N–H and O–H groups in total. The fourth-order valence-electron chi connectivity index (χ4n) is 2.36. The Hall–Kier alpha value is -2.52. The molecule has 0 fully saturated rings. The van der Waals surface area contributed by atoms with Crippen molar-refractivity contribution in [1.82, 2.24) is 4.98 Å². The second-order valence-electron chi connectivity index (χ2n) is 5.00. The molecule has 0 atom stereocenters. The van der Waals surface area contributed by atoms with E-state index in [4.69, 9.17) is 21.1 Å². The van der Waals surface area contributed by atoms with Crippen molar-refractivity contribution in [2.24, 2.45) is 0 Å². The zero-order valence-corrected chi connectivity index (χ0v) is 13.7. The number of pyridine rings is 1. The second kappa shape index (κ2) is 6.71. The first-order chi connectivity index (χ1) is 11.2. The number of hydrogen-bond acceptors (Lipinski definition) is 3. The van der Waals surface area contributed by atoms with Crippen LogP contribution in [0.5, 0.6) is 11.5 Å². The molecular weight excluding hydrogens is 310 g/mol. The van der Waals surface area contributed by atoms with Crippen LogP contribution in [0, 0.1) is 0 Å². The van der Waals surface area contributed by atoms with E-state index in [0.29, 0.717) is 10.8 Å². The van der Waals surface area contributed by atoms with E-state index in [0.717, 1.165) is 27.9 Å². The van der Waals surface area contributed by atoms with Crippen LogP contribution in [0.4, 0.5) is 0 Å². The highest BCUT2D eigenvalue weighted by Crippen LogP contribution is 2.26. The summed E-state index contributed by atoms with van der Waals surface area (Å²) in [6.07, 6.45) is 3.92. The first-order valence-corrected chi connectivity index (χ1v) is 7.54. The summed E-state index contributed by atoms with van der Waals surface area (Å²) < 4.78 is 10.5. The Morgan fingerprint density at radius 1 is 0.913 bits per heavy atom. The Morgan fingerprint density at radius 3 is 2.48 bits per heavy atom. The van der Waals surface area contributed by atoms with Crippen molar-refractivity contribution in [3.8, 4) is 11.5 Å². The van der Waals surface area contributed by atoms with Crippen molar-refractivity contribution in [3.63, 3.8) is 0 Å². The first-order valence-electron chi connectivity index (χ1n) is 7.16. The van der Waals surface area contributed by atoms with E-state index in [9.17, 15) is 0 Å². The van der Waals surface area contributed by atoms with E-state index >= 15 is 0 Å². The third-order valence-electron chi connectivity index (χ3n) is 3.55. The number of halogens is 1. The van der Waals surface area contributed by atoms with Gasteiger partial charge in [-0.1, -0.05) is 41.9 Å². The molecule has 0 unspecified atom stereocenters. The highest BCUT2D eigenvalue weighted by molar-refractivity contribution is 6.32. The van der Waals surface area contributed by atoms with Crippen LogP contribution in [0.2, 0.25) is 5.02 Å². The quantitative estimate of drug-likeness (QED) is 0.670. The Balaban J connectivity index is 1.93. The molecule has 0 spiro atoms. The number of methoxy groups -OCH3 is 2. The number of hydrogen-bond donors (Lipinski definition) is 0. The molecule has 0 radical (unpaired) electrons. The molecule has 0 amide bonds. The maximum absolute atomic E-state index is 6.14. The molecule has 0 aliphatic rings. The van der Waals surface area contributed by atoms with Gasteiger partial charge in [-0.3, -0.25) is 0 Å². The number of aromatic nitrogens is 1. The number of benzene rings is 2. The Morgan fingerprint density at radius 2 is 1.74 bits per heavy atom. The van der Waals surface area contributed by atoms with Crippen molar-refractivity contribution in [2.75, 3.05) is 14.2 Å². The molecule has 0 saturated carbocycles. The molecule has 3 aromatic rings. The molecule has 0 aliphatic carbocycles. The minimum atomic E-state index is 0.586. The molecule has 116 valence electrons. The third kappa shape index (κ3) is 3.30. The Labute approximate surface area is 140 Å². The zero-order chi connectivity index (χ0) is 16.2. The van der Waals surface area contributed by atoms with Crippen LogP contribution >= 0.6 is 11.6 Å². The van der Waals surface area contributed by atoms with Crippen LogP contribution < -0.4 is 9.47 Å². The summed E-state index contributed by atoms with van der Waals surface area (Å²) in [6.45, 7) is 0. The van der Waals surface area contributed by atoms with E-state index in [2.05, 4.69) is 4.98 Å². The number of para-hydroxylation sites is 1. The molecule has 1 aromatic heterocycles. The number of fused-ring (bicyclic) bond motifs is 1. The van der Waals surface area contributed by atoms with Gasteiger partial charge in [0.15, 0.2) is 0 Å². The average molecular weight is 326 g/mol. The molecule has 23 heavy (non-hydrogen) atoms. The fourth-order valence-corrected chi connectivity index (χ4v) is 2.63. The van der Waals surface area contributed by atoms with E-state index in [-0.39, 0.29) is 0 Å². The maximum Gasteiger partial charge on any atom is 0.145 e. The minimum absolute atomic E-state index is 0.586. The summed E-state index contributed by atoms with van der Waals surface area (Å²) in [5.41, 5.74) is 2.69. The van der Waals surface area contributed by atoms with Gasteiger partial charge in [-0.05, 0) is 35.9 Å². The largest absolute Gasteiger partial charge is 0.495 e. The topological polar surface area (TPSA) is 31.4 Å². The second-order valence-corrected chi connectivity index (χ2v) is 5.40. The molecule has 4 heteroatoms. The molecule has 3 rings (SSSR count). The van der Waals surface area contributed by atoms with Crippen molar-refractivity contribution in [3.05, 3.63) is 64.8 Å². The van der Waals surface area contributed by atoms with Crippen LogP contribution in [0.25, 0.3) is 23.1 Å². The van der Waals surface area contributed by atoms with Gasteiger partial charge in [-0.25, -0.2) is 4.98 Å². The van der Waals surface area contributed by atoms with E-state index in [1.807, 2.05) is 60.7 Å². The summed E-state index contributed by atoms with van der Waals surface area (Å²) in [5, 5.41) is 1.64. The number of nitrogens with zero attached hydrogens (tertiary/aromatic N) is 1. The predicted molar refractivity (Wildman–Crippen MR) is 95.2 cm³/mol. The summed E-state index contributed by atoms with van der Waals surface area (Å²) in [4.78, 5) is 4.65. The van der Waals surface area contributed by atoms with Gasteiger partial charge in [0.1, 0.15) is 17.0 Å². The van der Waals surface area contributed by atoms with E-state index in [1.165, 1.54) is 0 Å². The zero-order valence-electron chi connectivity index (χ0n) is 12.9. The minimum Gasteiger partial charge on any atom is -0.495 e. The summed E-state index contributed by atoms with van der Waals surface area (Å²) in [7, 11) is 3.25. The molecular formula is C19H16ClNO2. The maximum atomic E-state index is 6.14. The lowest BCUT2D eigenvalue weighted by molar-refractivity contribution is 0.415. The predicted octanol–water partition coefficient (Wildman–Crippen LogP) is 5.08. The van der Waals surface area contributed by atoms with Crippen LogP contribution in [-0.2, 0) is 0 Å². The lowest BCUT2D eigenvalue weighted by Crippen LogP contribution is -1.89. The van der Waals surface area contributed by atoms with Gasteiger partial charge in [-0.2, -0.15) is 0 Å². The highest BCUT2D eigenvalue weighted by Gasteiger charge is 2.03. The monoisotopic (exact) mass is 325 g/mol. The highest BCUT2D eigenvalue weighted by atomic mass is 35.5. The normalized spacial score (nSPS) is 11.1. The van der Waals surface area contributed by atoms with Crippen LogP contribution in [0.15, 0.2) is 48.5 Å². The van der Waals surface area contributed by atoms with Gasteiger partial charge in [0.05, 0.1) is 24.9 Å². The molecule has 0 saturated heterocycles. The van der Waals surface area contributed by atoms with E-state index < -0.39 is 0 Å². The molecule has 2 aromatic carbocycles. The molecule has 3 nitrogen and oxygen atoms in total. The average Bonchev–Trinajstić information content (AvgIpc) is 2.59. The molecule has 0 bridgehead atoms. The van der Waals surface area contributed by atoms with Crippen LogP contribution in [0.1, 0.15) is 11.3 Å². The summed E-state index contributed by atoms with van der Waals surface area (Å²) in [6, 6.07) is 15.5. The van der Waals surface area contributed by atoms with Gasteiger partial charge < -0.3 is 9.47 Å². The van der Waals surface area contributed by atoms with Crippen molar-refractivity contribution >= 4 is 34.7 Å². The van der Waals surface area contributed by atoms with Crippen molar-refractivity contribution in [2.45, 2.75) is 0 Å². The van der Waals surface area contributed by atoms with Crippen molar-refractivity contribution < 1.29 is 9.47 Å².